The van der Waals surface area contributed by atoms with Crippen LogP contribution in [0.4, 0.5) is 0 Å². The summed E-state index contributed by atoms with van der Waals surface area (Å²) in [6.45, 7) is 13.2. The van der Waals surface area contributed by atoms with E-state index >= 15 is 0 Å². The molecule has 198 valence electrons. The van der Waals surface area contributed by atoms with Gasteiger partial charge in [-0.3, -0.25) is 14.4 Å². The molecule has 3 atom stereocenters. The number of hydrogen-bond donors (Lipinski definition) is 0. The second kappa shape index (κ2) is 15.3. The highest BCUT2D eigenvalue weighted by molar-refractivity contribution is 5.99. The van der Waals surface area contributed by atoms with Gasteiger partial charge in [-0.2, -0.15) is 0 Å². The summed E-state index contributed by atoms with van der Waals surface area (Å²) in [7, 11) is 1.42. The van der Waals surface area contributed by atoms with Crippen LogP contribution in [0.1, 0.15) is 78.2 Å². The summed E-state index contributed by atoms with van der Waals surface area (Å²) < 4.78 is 27.3. The van der Waals surface area contributed by atoms with Crippen LogP contribution < -0.4 is 9.47 Å². The van der Waals surface area contributed by atoms with Gasteiger partial charge in [-0.25, -0.2) is 4.98 Å². The molecule has 1 rings (SSSR count). The molecule has 0 aliphatic heterocycles. The first-order valence-corrected chi connectivity index (χ1v) is 12.2. The Balaban J connectivity index is 2.91. The highest BCUT2D eigenvalue weighted by Crippen LogP contribution is 2.31. The van der Waals surface area contributed by atoms with Crippen LogP contribution in [0.5, 0.6) is 11.5 Å². The third kappa shape index (κ3) is 9.84. The zero-order valence-corrected chi connectivity index (χ0v) is 22.3. The standard InChI is InChI=1S/C26H41NO8/c1-9-20(10-2)24(32-14-16(3)4)18(6)35-26(30)17(5)13-21(29)23-25(34-15-33-19(7)28)22(31-8)11-12-27-23/h11-12,16-18,20,24H,9-10,13-15H2,1-8H3/t17-,18+,24+/m1/s1. The molecule has 0 unspecified atom stereocenters. The second-order valence-corrected chi connectivity index (χ2v) is 9.03. The van der Waals surface area contributed by atoms with Gasteiger partial charge >= 0.3 is 11.9 Å². The van der Waals surface area contributed by atoms with Crippen molar-refractivity contribution in [3.63, 3.8) is 0 Å². The summed E-state index contributed by atoms with van der Waals surface area (Å²) in [4.78, 5) is 41.0. The molecule has 0 saturated carbocycles. The van der Waals surface area contributed by atoms with E-state index in [-0.39, 0.29) is 35.6 Å². The third-order valence-electron chi connectivity index (χ3n) is 5.61. The van der Waals surface area contributed by atoms with Crippen LogP contribution in [0.15, 0.2) is 12.3 Å². The number of esters is 2. The van der Waals surface area contributed by atoms with Gasteiger partial charge in [-0.05, 0) is 18.8 Å². The van der Waals surface area contributed by atoms with Crippen LogP contribution in [0.3, 0.4) is 0 Å². The molecule has 0 spiro atoms. The van der Waals surface area contributed by atoms with E-state index in [1.807, 2.05) is 6.92 Å². The van der Waals surface area contributed by atoms with Crippen molar-refractivity contribution in [1.82, 2.24) is 4.98 Å². The summed E-state index contributed by atoms with van der Waals surface area (Å²) in [6, 6.07) is 1.52. The van der Waals surface area contributed by atoms with E-state index in [1.165, 1.54) is 26.3 Å². The molecule has 0 N–H and O–H groups in total. The van der Waals surface area contributed by atoms with E-state index < -0.39 is 36.5 Å². The number of ether oxygens (including phenoxy) is 5. The van der Waals surface area contributed by atoms with Crippen molar-refractivity contribution in [2.75, 3.05) is 20.5 Å². The lowest BCUT2D eigenvalue weighted by Crippen LogP contribution is -2.39. The number of carbonyl (C=O) groups excluding carboxylic acids is 3. The summed E-state index contributed by atoms with van der Waals surface area (Å²) in [5.74, 6) is -1.24. The zero-order valence-electron chi connectivity index (χ0n) is 22.3. The van der Waals surface area contributed by atoms with Crippen molar-refractivity contribution < 1.29 is 38.1 Å². The molecule has 0 bridgehead atoms. The molecule has 35 heavy (non-hydrogen) atoms. The number of nitrogens with zero attached hydrogens (tertiary/aromatic N) is 1. The van der Waals surface area contributed by atoms with Crippen LogP contribution in [0, 0.1) is 17.8 Å². The molecular weight excluding hydrogens is 454 g/mol. The summed E-state index contributed by atoms with van der Waals surface area (Å²) in [5, 5.41) is 0. The number of hydrogen-bond acceptors (Lipinski definition) is 9. The monoisotopic (exact) mass is 495 g/mol. The molecule has 0 aliphatic rings. The predicted octanol–water partition coefficient (Wildman–Crippen LogP) is 4.61. The lowest BCUT2D eigenvalue weighted by molar-refractivity contribution is -0.164. The Bertz CT molecular complexity index is 822. The molecule has 0 fully saturated rings. The van der Waals surface area contributed by atoms with Gasteiger partial charge in [0.1, 0.15) is 6.10 Å². The first-order chi connectivity index (χ1) is 16.5. The molecule has 0 aromatic carbocycles. The average Bonchev–Trinajstić information content (AvgIpc) is 2.80. The zero-order chi connectivity index (χ0) is 26.5. The van der Waals surface area contributed by atoms with Crippen molar-refractivity contribution in [2.45, 2.75) is 79.9 Å². The minimum atomic E-state index is -0.716. The van der Waals surface area contributed by atoms with Crippen molar-refractivity contribution in [3.8, 4) is 11.5 Å². The summed E-state index contributed by atoms with van der Waals surface area (Å²) in [5.41, 5.74) is -0.0145. The lowest BCUT2D eigenvalue weighted by Gasteiger charge is -2.31. The first kappa shape index (κ1) is 30.4. The van der Waals surface area contributed by atoms with Crippen molar-refractivity contribution in [2.24, 2.45) is 17.8 Å². The van der Waals surface area contributed by atoms with Crippen molar-refractivity contribution in [3.05, 3.63) is 18.0 Å². The normalized spacial score (nSPS) is 13.8. The van der Waals surface area contributed by atoms with Crippen LogP contribution in [0.2, 0.25) is 0 Å². The van der Waals surface area contributed by atoms with E-state index in [2.05, 4.69) is 32.7 Å². The quantitative estimate of drug-likeness (QED) is 0.184. The minimum absolute atomic E-state index is 0.0145. The minimum Gasteiger partial charge on any atom is -0.493 e. The predicted molar refractivity (Wildman–Crippen MR) is 130 cm³/mol. The van der Waals surface area contributed by atoms with Gasteiger partial charge in [0.25, 0.3) is 0 Å². The van der Waals surface area contributed by atoms with Crippen LogP contribution >= 0.6 is 0 Å². The lowest BCUT2D eigenvalue weighted by atomic mass is 9.92. The van der Waals surface area contributed by atoms with E-state index in [9.17, 15) is 14.4 Å². The smallest absolute Gasteiger partial charge is 0.309 e. The molecule has 1 aromatic heterocycles. The molecule has 0 saturated heterocycles. The molecule has 0 aliphatic carbocycles. The number of methoxy groups -OCH3 is 1. The molecule has 1 heterocycles. The van der Waals surface area contributed by atoms with Gasteiger partial charge in [0, 0.05) is 32.2 Å². The molecule has 9 nitrogen and oxygen atoms in total. The Morgan fingerprint density at radius 2 is 1.71 bits per heavy atom. The maximum atomic E-state index is 13.0. The number of aromatic nitrogens is 1. The maximum absolute atomic E-state index is 13.0. The number of ketones is 1. The second-order valence-electron chi connectivity index (χ2n) is 9.03. The van der Waals surface area contributed by atoms with E-state index in [1.54, 1.807) is 6.92 Å². The number of pyridine rings is 1. The molecule has 9 heteroatoms. The van der Waals surface area contributed by atoms with Crippen LogP contribution in [-0.2, 0) is 23.8 Å². The average molecular weight is 496 g/mol. The topological polar surface area (TPSA) is 110 Å². The SMILES string of the molecule is CCC(CC)[C@@H](OCC(C)C)[C@H](C)OC(=O)[C@H](C)CC(=O)c1nccc(OC)c1OCOC(C)=O. The summed E-state index contributed by atoms with van der Waals surface area (Å²) >= 11 is 0. The van der Waals surface area contributed by atoms with Crippen LogP contribution in [0.25, 0.3) is 0 Å². The fourth-order valence-corrected chi connectivity index (χ4v) is 3.64. The fraction of sp³-hybridized carbons (Fsp3) is 0.692. The summed E-state index contributed by atoms with van der Waals surface area (Å²) in [6.07, 6.45) is 2.40. The van der Waals surface area contributed by atoms with Crippen LogP contribution in [-0.4, -0.2) is 55.4 Å². The molecule has 1 aromatic rings. The highest BCUT2D eigenvalue weighted by atomic mass is 16.7. The van der Waals surface area contributed by atoms with E-state index in [4.69, 9.17) is 23.7 Å². The van der Waals surface area contributed by atoms with Gasteiger partial charge < -0.3 is 23.7 Å². The maximum Gasteiger partial charge on any atom is 0.309 e. The Hall–Kier alpha value is -2.68. The van der Waals surface area contributed by atoms with Gasteiger partial charge in [-0.1, -0.05) is 47.5 Å². The molecule has 0 radical (unpaired) electrons. The first-order valence-electron chi connectivity index (χ1n) is 12.2. The number of rotatable bonds is 16. The van der Waals surface area contributed by atoms with Gasteiger partial charge in [0.05, 0.1) is 19.1 Å². The molecular formula is C26H41NO8. The van der Waals surface area contributed by atoms with Gasteiger partial charge in [0.15, 0.2) is 23.0 Å². The number of carbonyl (C=O) groups is 3. The Morgan fingerprint density at radius 1 is 1.06 bits per heavy atom. The van der Waals surface area contributed by atoms with Gasteiger partial charge in [-0.15, -0.1) is 0 Å². The van der Waals surface area contributed by atoms with E-state index in [0.29, 0.717) is 12.5 Å². The third-order valence-corrected chi connectivity index (χ3v) is 5.61. The van der Waals surface area contributed by atoms with Gasteiger partial charge in [0.2, 0.25) is 6.79 Å². The molecule has 0 amide bonds. The fourth-order valence-electron chi connectivity index (χ4n) is 3.64. The highest BCUT2D eigenvalue weighted by Gasteiger charge is 2.31. The number of Topliss-reactive ketones (excluding diaryl/α,β-unsaturated/α-hetero) is 1. The Kier molecular flexibility index (Phi) is 13.3. The Morgan fingerprint density at radius 3 is 2.26 bits per heavy atom. The largest absolute Gasteiger partial charge is 0.493 e. The van der Waals surface area contributed by atoms with Crippen molar-refractivity contribution in [1.29, 1.82) is 0 Å². The van der Waals surface area contributed by atoms with E-state index in [0.717, 1.165) is 12.8 Å². The van der Waals surface area contributed by atoms with Crippen molar-refractivity contribution >= 4 is 17.7 Å². The Labute approximate surface area is 208 Å².